The Kier molecular flexibility index (Phi) is 4.73. The Hall–Kier alpha value is -1.39. The van der Waals surface area contributed by atoms with E-state index in [0.29, 0.717) is 0 Å². The van der Waals surface area contributed by atoms with Gasteiger partial charge in [-0.3, -0.25) is 4.98 Å². The second kappa shape index (κ2) is 6.52. The predicted octanol–water partition coefficient (Wildman–Crippen LogP) is 3.14. The third-order valence-corrected chi connectivity index (χ3v) is 3.37. The molecule has 18 heavy (non-hydrogen) atoms. The van der Waals surface area contributed by atoms with Crippen molar-refractivity contribution in [3.8, 4) is 5.75 Å². The van der Waals surface area contributed by atoms with Crippen molar-refractivity contribution in [3.05, 3.63) is 58.3 Å². The summed E-state index contributed by atoms with van der Waals surface area (Å²) in [5.74, 6) is 0.868. The fourth-order valence-corrected chi connectivity index (χ4v) is 2.03. The molecule has 0 saturated carbocycles. The van der Waals surface area contributed by atoms with Crippen LogP contribution in [0.4, 0.5) is 0 Å². The number of benzene rings is 1. The van der Waals surface area contributed by atoms with Gasteiger partial charge in [0.2, 0.25) is 0 Å². The molecular formula is C14H15BrN2O. The van der Waals surface area contributed by atoms with Gasteiger partial charge in [0.25, 0.3) is 0 Å². The highest BCUT2D eigenvalue weighted by Crippen LogP contribution is 2.22. The Morgan fingerprint density at radius 2 is 2.11 bits per heavy atom. The van der Waals surface area contributed by atoms with Crippen LogP contribution in [0.15, 0.2) is 47.1 Å². The summed E-state index contributed by atoms with van der Waals surface area (Å²) in [7, 11) is 1.67. The van der Waals surface area contributed by atoms with Gasteiger partial charge in [0.1, 0.15) is 5.75 Å². The number of hydrogen-bond acceptors (Lipinski definition) is 3. The van der Waals surface area contributed by atoms with E-state index in [0.717, 1.165) is 29.0 Å². The first-order chi connectivity index (χ1) is 8.79. The number of nitrogens with one attached hydrogen (secondary N) is 1. The molecule has 1 aromatic carbocycles. The average molecular weight is 307 g/mol. The number of pyridine rings is 1. The van der Waals surface area contributed by atoms with E-state index >= 15 is 0 Å². The predicted molar refractivity (Wildman–Crippen MR) is 75.5 cm³/mol. The molecule has 2 aromatic rings. The van der Waals surface area contributed by atoms with Gasteiger partial charge in [0.05, 0.1) is 12.8 Å². The third-order valence-electron chi connectivity index (χ3n) is 2.60. The van der Waals surface area contributed by atoms with Crippen molar-refractivity contribution >= 4 is 15.9 Å². The second-order valence-corrected chi connectivity index (χ2v) is 4.74. The van der Waals surface area contributed by atoms with Crippen molar-refractivity contribution in [2.75, 3.05) is 7.11 Å². The monoisotopic (exact) mass is 306 g/mol. The van der Waals surface area contributed by atoms with Crippen LogP contribution in [-0.4, -0.2) is 12.1 Å². The molecule has 2 rings (SSSR count). The minimum atomic E-state index is 0.754. The van der Waals surface area contributed by atoms with Crippen LogP contribution >= 0.6 is 15.9 Å². The molecule has 0 saturated heterocycles. The van der Waals surface area contributed by atoms with Crippen LogP contribution in [0.1, 0.15) is 11.3 Å². The number of aromatic nitrogens is 1. The zero-order valence-electron chi connectivity index (χ0n) is 10.2. The highest BCUT2D eigenvalue weighted by Gasteiger charge is 2.02. The molecular weight excluding hydrogens is 292 g/mol. The Balaban J connectivity index is 1.94. The van der Waals surface area contributed by atoms with Gasteiger partial charge in [-0.15, -0.1) is 0 Å². The lowest BCUT2D eigenvalue weighted by Crippen LogP contribution is -2.13. The molecule has 1 heterocycles. The number of halogens is 1. The maximum atomic E-state index is 5.21. The van der Waals surface area contributed by atoms with E-state index in [1.807, 2.05) is 36.4 Å². The Morgan fingerprint density at radius 1 is 1.22 bits per heavy atom. The Labute approximate surface area is 115 Å². The summed E-state index contributed by atoms with van der Waals surface area (Å²) >= 11 is 3.53. The van der Waals surface area contributed by atoms with Crippen LogP contribution in [0.2, 0.25) is 0 Å². The van der Waals surface area contributed by atoms with Gasteiger partial charge in [-0.2, -0.15) is 0 Å². The molecule has 0 aliphatic carbocycles. The van der Waals surface area contributed by atoms with Gasteiger partial charge < -0.3 is 10.1 Å². The van der Waals surface area contributed by atoms with E-state index in [1.54, 1.807) is 13.3 Å². The minimum absolute atomic E-state index is 0.754. The summed E-state index contributed by atoms with van der Waals surface area (Å²) in [6.07, 6.45) is 1.80. The molecule has 0 amide bonds. The SMILES string of the molecule is COc1ccc(Br)c(CNCc2ccccn2)c1. The summed E-state index contributed by atoms with van der Waals surface area (Å²) in [6.45, 7) is 1.53. The minimum Gasteiger partial charge on any atom is -0.497 e. The van der Waals surface area contributed by atoms with Gasteiger partial charge in [-0.05, 0) is 35.9 Å². The summed E-state index contributed by atoms with van der Waals surface area (Å²) in [5, 5.41) is 3.36. The molecule has 1 aromatic heterocycles. The van der Waals surface area contributed by atoms with E-state index in [1.165, 1.54) is 5.56 Å². The first-order valence-corrected chi connectivity index (χ1v) is 6.52. The molecule has 0 unspecified atom stereocenters. The molecule has 0 aliphatic heterocycles. The summed E-state index contributed by atoms with van der Waals surface area (Å²) in [5.41, 5.74) is 2.21. The standard InChI is InChI=1S/C14H15BrN2O/c1-18-13-5-6-14(15)11(8-13)9-16-10-12-4-2-3-7-17-12/h2-8,16H,9-10H2,1H3. The third kappa shape index (κ3) is 3.55. The molecule has 0 bridgehead atoms. The number of nitrogens with zero attached hydrogens (tertiary/aromatic N) is 1. The molecule has 0 aliphatic rings. The topological polar surface area (TPSA) is 34.1 Å². The summed E-state index contributed by atoms with van der Waals surface area (Å²) < 4.78 is 6.29. The first kappa shape index (κ1) is 13.1. The first-order valence-electron chi connectivity index (χ1n) is 5.72. The highest BCUT2D eigenvalue weighted by molar-refractivity contribution is 9.10. The van der Waals surface area contributed by atoms with E-state index < -0.39 is 0 Å². The van der Waals surface area contributed by atoms with Crippen LogP contribution in [-0.2, 0) is 13.1 Å². The fourth-order valence-electron chi connectivity index (χ4n) is 1.64. The number of ether oxygens (including phenoxy) is 1. The average Bonchev–Trinajstić information content (AvgIpc) is 2.42. The lowest BCUT2D eigenvalue weighted by atomic mass is 10.2. The van der Waals surface area contributed by atoms with Gasteiger partial charge in [0.15, 0.2) is 0 Å². The van der Waals surface area contributed by atoms with Gasteiger partial charge in [-0.25, -0.2) is 0 Å². The van der Waals surface area contributed by atoms with Crippen molar-refractivity contribution < 1.29 is 4.74 Å². The van der Waals surface area contributed by atoms with E-state index in [-0.39, 0.29) is 0 Å². The summed E-state index contributed by atoms with van der Waals surface area (Å²) in [6, 6.07) is 11.9. The molecule has 4 heteroatoms. The lowest BCUT2D eigenvalue weighted by Gasteiger charge is -2.08. The van der Waals surface area contributed by atoms with Crippen molar-refractivity contribution in [1.29, 1.82) is 0 Å². The van der Waals surface area contributed by atoms with E-state index in [9.17, 15) is 0 Å². The van der Waals surface area contributed by atoms with Crippen molar-refractivity contribution in [3.63, 3.8) is 0 Å². The number of rotatable bonds is 5. The quantitative estimate of drug-likeness (QED) is 0.921. The normalized spacial score (nSPS) is 10.3. The lowest BCUT2D eigenvalue weighted by molar-refractivity contribution is 0.414. The van der Waals surface area contributed by atoms with Crippen LogP contribution < -0.4 is 10.1 Å². The maximum absolute atomic E-state index is 5.21. The van der Waals surface area contributed by atoms with Crippen molar-refractivity contribution in [1.82, 2.24) is 10.3 Å². The smallest absolute Gasteiger partial charge is 0.119 e. The van der Waals surface area contributed by atoms with Gasteiger partial charge >= 0.3 is 0 Å². The highest BCUT2D eigenvalue weighted by atomic mass is 79.9. The van der Waals surface area contributed by atoms with Crippen LogP contribution in [0.3, 0.4) is 0 Å². The molecule has 0 spiro atoms. The zero-order chi connectivity index (χ0) is 12.8. The Bertz CT molecular complexity index is 502. The van der Waals surface area contributed by atoms with Gasteiger partial charge in [-0.1, -0.05) is 22.0 Å². The molecule has 0 radical (unpaired) electrons. The molecule has 0 atom stereocenters. The molecule has 3 nitrogen and oxygen atoms in total. The van der Waals surface area contributed by atoms with Crippen LogP contribution in [0.25, 0.3) is 0 Å². The molecule has 1 N–H and O–H groups in total. The fraction of sp³-hybridized carbons (Fsp3) is 0.214. The van der Waals surface area contributed by atoms with Crippen LogP contribution in [0.5, 0.6) is 5.75 Å². The maximum Gasteiger partial charge on any atom is 0.119 e. The van der Waals surface area contributed by atoms with Crippen molar-refractivity contribution in [2.24, 2.45) is 0 Å². The molecule has 0 fully saturated rings. The summed E-state index contributed by atoms with van der Waals surface area (Å²) in [4.78, 5) is 4.27. The number of hydrogen-bond donors (Lipinski definition) is 1. The van der Waals surface area contributed by atoms with Crippen LogP contribution in [0, 0.1) is 0 Å². The zero-order valence-corrected chi connectivity index (χ0v) is 11.8. The second-order valence-electron chi connectivity index (χ2n) is 3.88. The van der Waals surface area contributed by atoms with E-state index in [2.05, 4.69) is 26.2 Å². The largest absolute Gasteiger partial charge is 0.497 e. The van der Waals surface area contributed by atoms with Gasteiger partial charge in [0, 0.05) is 23.8 Å². The number of methoxy groups -OCH3 is 1. The van der Waals surface area contributed by atoms with Crippen molar-refractivity contribution in [2.45, 2.75) is 13.1 Å². The van der Waals surface area contributed by atoms with E-state index in [4.69, 9.17) is 4.74 Å². The molecule has 94 valence electrons. The Morgan fingerprint density at radius 3 is 2.83 bits per heavy atom.